The van der Waals surface area contributed by atoms with E-state index in [9.17, 15) is 0 Å². The third kappa shape index (κ3) is 4.13. The summed E-state index contributed by atoms with van der Waals surface area (Å²) in [6.07, 6.45) is 2.69. The van der Waals surface area contributed by atoms with Crippen LogP contribution in [0.3, 0.4) is 0 Å². The van der Waals surface area contributed by atoms with Crippen LogP contribution in [0.4, 0.5) is 0 Å². The van der Waals surface area contributed by atoms with E-state index in [-0.39, 0.29) is 0 Å². The Kier molecular flexibility index (Phi) is 5.65. The van der Waals surface area contributed by atoms with E-state index < -0.39 is 0 Å². The molecule has 0 bridgehead atoms. The quantitative estimate of drug-likeness (QED) is 0.510. The maximum atomic E-state index is 5.73. The molecule has 1 aliphatic heterocycles. The van der Waals surface area contributed by atoms with Gasteiger partial charge in [-0.05, 0) is 38.6 Å². The summed E-state index contributed by atoms with van der Waals surface area (Å²) in [5.41, 5.74) is 1.11. The molecule has 1 aliphatic rings. The molecule has 0 spiro atoms. The van der Waals surface area contributed by atoms with Crippen molar-refractivity contribution in [2.45, 2.75) is 25.8 Å². The second-order valence-electron chi connectivity index (χ2n) is 4.51. The molecule has 0 radical (unpaired) electrons. The van der Waals surface area contributed by atoms with Crippen molar-refractivity contribution < 1.29 is 0 Å². The van der Waals surface area contributed by atoms with Gasteiger partial charge in [0.25, 0.3) is 0 Å². The summed E-state index contributed by atoms with van der Waals surface area (Å²) in [7, 11) is 2.16. The number of hydrogen-bond acceptors (Lipinski definition) is 2. The molecule has 15 heavy (non-hydrogen) atoms. The second-order valence-corrected chi connectivity index (χ2v) is 4.77. The van der Waals surface area contributed by atoms with Gasteiger partial charge in [0.05, 0.1) is 0 Å². The molecule has 88 valence electrons. The lowest BCUT2D eigenvalue weighted by Crippen LogP contribution is -2.39. The van der Waals surface area contributed by atoms with Gasteiger partial charge in [-0.2, -0.15) is 0 Å². The Morgan fingerprint density at radius 1 is 1.60 bits per heavy atom. The van der Waals surface area contributed by atoms with Crippen molar-refractivity contribution in [3.8, 4) is 0 Å². The van der Waals surface area contributed by atoms with Crippen molar-refractivity contribution in [1.82, 2.24) is 9.80 Å². The van der Waals surface area contributed by atoms with Crippen LogP contribution in [0.2, 0.25) is 0 Å². The Hall–Kier alpha value is -0.0500. The number of hydrogen-bond donors (Lipinski definition) is 0. The van der Waals surface area contributed by atoms with Crippen LogP contribution in [0, 0.1) is 0 Å². The maximum Gasteiger partial charge on any atom is 0.0443 e. The summed E-state index contributed by atoms with van der Waals surface area (Å²) in [6.45, 7) is 10.7. The van der Waals surface area contributed by atoms with Gasteiger partial charge in [-0.15, -0.1) is 11.6 Å². The van der Waals surface area contributed by atoms with Crippen LogP contribution in [-0.4, -0.2) is 54.9 Å². The van der Waals surface area contributed by atoms with Crippen molar-refractivity contribution in [3.63, 3.8) is 0 Å². The average molecular weight is 231 g/mol. The third-order valence-corrected chi connectivity index (χ3v) is 3.49. The number of nitrogens with zero attached hydrogens (tertiary/aromatic N) is 2. The number of halogens is 1. The zero-order valence-corrected chi connectivity index (χ0v) is 10.8. The molecule has 0 aliphatic carbocycles. The summed E-state index contributed by atoms with van der Waals surface area (Å²) in [4.78, 5) is 4.91. The fourth-order valence-corrected chi connectivity index (χ4v) is 2.45. The summed E-state index contributed by atoms with van der Waals surface area (Å²) in [5.74, 6) is 0.576. The zero-order chi connectivity index (χ0) is 11.3. The SMILES string of the molecule is C=C(CCl)CN(C)CC1CCCN1CC. The van der Waals surface area contributed by atoms with Crippen molar-refractivity contribution in [1.29, 1.82) is 0 Å². The van der Waals surface area contributed by atoms with Crippen LogP contribution in [0.1, 0.15) is 19.8 Å². The lowest BCUT2D eigenvalue weighted by Gasteiger charge is -2.27. The molecule has 1 heterocycles. The third-order valence-electron chi connectivity index (χ3n) is 3.11. The van der Waals surface area contributed by atoms with Gasteiger partial charge < -0.3 is 4.90 Å². The van der Waals surface area contributed by atoms with E-state index in [1.165, 1.54) is 25.9 Å². The standard InChI is InChI=1S/C12H23ClN2/c1-4-15-7-5-6-12(15)10-14(3)9-11(2)8-13/h12H,2,4-10H2,1,3H3. The molecule has 1 rings (SSSR count). The number of alkyl halides is 1. The molecular weight excluding hydrogens is 208 g/mol. The molecule has 3 heteroatoms. The van der Waals surface area contributed by atoms with E-state index in [2.05, 4.69) is 30.4 Å². The lowest BCUT2D eigenvalue weighted by molar-refractivity contribution is 0.206. The van der Waals surface area contributed by atoms with E-state index in [0.29, 0.717) is 5.88 Å². The largest absolute Gasteiger partial charge is 0.301 e. The molecule has 0 aromatic heterocycles. The normalized spacial score (nSPS) is 22.5. The number of rotatable bonds is 6. The van der Waals surface area contributed by atoms with Gasteiger partial charge in [0.15, 0.2) is 0 Å². The fraction of sp³-hybridized carbons (Fsp3) is 0.833. The summed E-state index contributed by atoms with van der Waals surface area (Å²) in [6, 6.07) is 0.739. The van der Waals surface area contributed by atoms with E-state index in [0.717, 1.165) is 24.7 Å². The minimum absolute atomic E-state index is 0.576. The second kappa shape index (κ2) is 6.51. The molecule has 0 amide bonds. The average Bonchev–Trinajstić information content (AvgIpc) is 2.64. The lowest BCUT2D eigenvalue weighted by atomic mass is 10.2. The Balaban J connectivity index is 2.30. The highest BCUT2D eigenvalue weighted by atomic mass is 35.5. The van der Waals surface area contributed by atoms with E-state index in [1.807, 2.05) is 0 Å². The van der Waals surface area contributed by atoms with Crippen LogP contribution in [-0.2, 0) is 0 Å². The van der Waals surface area contributed by atoms with Gasteiger partial charge in [0, 0.05) is 25.0 Å². The molecule has 1 fully saturated rings. The van der Waals surface area contributed by atoms with Gasteiger partial charge in [0.2, 0.25) is 0 Å². The van der Waals surface area contributed by atoms with Crippen LogP contribution < -0.4 is 0 Å². The molecular formula is C12H23ClN2. The Labute approximate surface area is 98.9 Å². The van der Waals surface area contributed by atoms with E-state index >= 15 is 0 Å². The molecule has 1 atom stereocenters. The Bertz CT molecular complexity index is 206. The predicted octanol–water partition coefficient (Wildman–Crippen LogP) is 2.20. The van der Waals surface area contributed by atoms with Crippen LogP contribution >= 0.6 is 11.6 Å². The molecule has 2 nitrogen and oxygen atoms in total. The highest BCUT2D eigenvalue weighted by molar-refractivity contribution is 6.19. The van der Waals surface area contributed by atoms with Gasteiger partial charge in [-0.3, -0.25) is 4.90 Å². The highest BCUT2D eigenvalue weighted by Gasteiger charge is 2.23. The molecule has 1 unspecified atom stereocenters. The topological polar surface area (TPSA) is 6.48 Å². The summed E-state index contributed by atoms with van der Waals surface area (Å²) >= 11 is 5.73. The van der Waals surface area contributed by atoms with E-state index in [4.69, 9.17) is 11.6 Å². The monoisotopic (exact) mass is 230 g/mol. The highest BCUT2D eigenvalue weighted by Crippen LogP contribution is 2.17. The van der Waals surface area contributed by atoms with Gasteiger partial charge in [0.1, 0.15) is 0 Å². The number of likely N-dealkylation sites (tertiary alicyclic amines) is 1. The van der Waals surface area contributed by atoms with Gasteiger partial charge in [-0.25, -0.2) is 0 Å². The molecule has 0 aromatic rings. The predicted molar refractivity (Wildman–Crippen MR) is 67.6 cm³/mol. The Morgan fingerprint density at radius 2 is 2.33 bits per heavy atom. The minimum Gasteiger partial charge on any atom is -0.301 e. The van der Waals surface area contributed by atoms with Crippen LogP contribution in [0.5, 0.6) is 0 Å². The molecule has 0 N–H and O–H groups in total. The first kappa shape index (κ1) is 13.0. The Morgan fingerprint density at radius 3 is 2.93 bits per heavy atom. The van der Waals surface area contributed by atoms with Gasteiger partial charge >= 0.3 is 0 Å². The molecule has 0 aromatic carbocycles. The minimum atomic E-state index is 0.576. The van der Waals surface area contributed by atoms with Crippen molar-refractivity contribution in [2.24, 2.45) is 0 Å². The zero-order valence-electron chi connectivity index (χ0n) is 10.0. The van der Waals surface area contributed by atoms with Crippen molar-refractivity contribution in [3.05, 3.63) is 12.2 Å². The maximum absolute atomic E-state index is 5.73. The number of likely N-dealkylation sites (N-methyl/N-ethyl adjacent to an activating group) is 2. The van der Waals surface area contributed by atoms with Gasteiger partial charge in [-0.1, -0.05) is 13.5 Å². The van der Waals surface area contributed by atoms with Crippen LogP contribution in [0.25, 0.3) is 0 Å². The van der Waals surface area contributed by atoms with Crippen molar-refractivity contribution >= 4 is 11.6 Å². The van der Waals surface area contributed by atoms with Crippen molar-refractivity contribution in [2.75, 3.05) is 39.1 Å². The summed E-state index contributed by atoms with van der Waals surface area (Å²) in [5, 5.41) is 0. The smallest absolute Gasteiger partial charge is 0.0443 e. The summed E-state index contributed by atoms with van der Waals surface area (Å²) < 4.78 is 0. The molecule has 1 saturated heterocycles. The molecule has 0 saturated carbocycles. The first-order valence-corrected chi connectivity index (χ1v) is 6.36. The van der Waals surface area contributed by atoms with Crippen LogP contribution in [0.15, 0.2) is 12.2 Å². The van der Waals surface area contributed by atoms with E-state index in [1.54, 1.807) is 0 Å². The first-order chi connectivity index (χ1) is 7.17. The fourth-order valence-electron chi connectivity index (χ4n) is 2.37. The first-order valence-electron chi connectivity index (χ1n) is 5.82.